The number of carbonyl (C=O) groups excluding carboxylic acids is 1. The molecule has 2 fully saturated rings. The largest absolute Gasteiger partial charge is 1.00 e. The van der Waals surface area contributed by atoms with E-state index in [1.54, 1.807) is 19.3 Å². The summed E-state index contributed by atoms with van der Waals surface area (Å²) < 4.78 is 11.4. The second-order valence-electron chi connectivity index (χ2n) is 9.01. The summed E-state index contributed by atoms with van der Waals surface area (Å²) in [5.41, 5.74) is 0.873. The number of carbonyl (C=O) groups is 2. The molecule has 7 nitrogen and oxygen atoms in total. The summed E-state index contributed by atoms with van der Waals surface area (Å²) in [5, 5.41) is 12.2. The van der Waals surface area contributed by atoms with Crippen LogP contribution in [0.15, 0.2) is 24.3 Å². The first-order chi connectivity index (χ1) is 15.4. The number of benzene rings is 1. The normalized spacial score (nSPS) is 21.9. The van der Waals surface area contributed by atoms with Crippen molar-refractivity contribution >= 4 is 18.0 Å². The number of hydrogen-bond donors (Lipinski definition) is 2. The number of aliphatic carboxylic acids is 1. The van der Waals surface area contributed by atoms with Gasteiger partial charge in [0.15, 0.2) is 11.5 Å². The van der Waals surface area contributed by atoms with Gasteiger partial charge in [0, 0.05) is 18.7 Å². The Labute approximate surface area is 220 Å². The molecule has 3 rings (SSSR count). The van der Waals surface area contributed by atoms with Crippen LogP contribution in [0.4, 0.5) is 0 Å². The standard InChI is InChI=1S/C25H36N2O5.Na.H/c1-18-3-7-21(8-4-18)26-24(28)10-6-19-5-9-22(23(17-19)31-2)32-16-15-27-13-11-20(12-14-27)25(29)30;;/h5-6,9-10,17-18,20-21H,3-4,7-8,11-16H2,1-2H3,(H,26,28)(H,29,30);;/q;+1;-1/b10-6+;;. The molecule has 1 saturated carbocycles. The zero-order valence-electron chi connectivity index (χ0n) is 21.2. The third-order valence-electron chi connectivity index (χ3n) is 6.58. The number of hydrogen-bond acceptors (Lipinski definition) is 5. The maximum atomic E-state index is 12.2. The van der Waals surface area contributed by atoms with E-state index in [9.17, 15) is 9.59 Å². The second kappa shape index (κ2) is 14.0. The Bertz CT molecular complexity index is 806. The van der Waals surface area contributed by atoms with Crippen LogP contribution < -0.4 is 44.3 Å². The van der Waals surface area contributed by atoms with E-state index in [1.165, 1.54) is 12.8 Å². The molecule has 0 unspecified atom stereocenters. The number of amides is 1. The summed E-state index contributed by atoms with van der Waals surface area (Å²) >= 11 is 0. The van der Waals surface area contributed by atoms with E-state index in [1.807, 2.05) is 18.2 Å². The van der Waals surface area contributed by atoms with Gasteiger partial charge in [-0.05, 0) is 81.3 Å². The van der Waals surface area contributed by atoms with Gasteiger partial charge in [-0.25, -0.2) is 0 Å². The summed E-state index contributed by atoms with van der Waals surface area (Å²) in [6, 6.07) is 5.90. The van der Waals surface area contributed by atoms with Crippen molar-refractivity contribution in [2.24, 2.45) is 11.8 Å². The second-order valence-corrected chi connectivity index (χ2v) is 9.01. The summed E-state index contributed by atoms with van der Waals surface area (Å²) in [5.74, 6) is 1.07. The number of piperidine rings is 1. The molecule has 0 radical (unpaired) electrons. The van der Waals surface area contributed by atoms with E-state index >= 15 is 0 Å². The maximum Gasteiger partial charge on any atom is 1.00 e. The number of carboxylic acid groups (broad SMARTS) is 1. The summed E-state index contributed by atoms with van der Waals surface area (Å²) in [6.45, 7) is 5.08. The number of nitrogens with zero attached hydrogens (tertiary/aromatic N) is 1. The topological polar surface area (TPSA) is 88.1 Å². The zero-order valence-corrected chi connectivity index (χ0v) is 22.2. The van der Waals surface area contributed by atoms with Crippen LogP contribution in [0.3, 0.4) is 0 Å². The van der Waals surface area contributed by atoms with Crippen molar-refractivity contribution in [1.82, 2.24) is 10.2 Å². The van der Waals surface area contributed by atoms with Gasteiger partial charge in [-0.2, -0.15) is 0 Å². The van der Waals surface area contributed by atoms with Crippen molar-refractivity contribution in [3.05, 3.63) is 29.8 Å². The fraction of sp³-hybridized carbons (Fsp3) is 0.600. The van der Waals surface area contributed by atoms with Crippen molar-refractivity contribution in [3.8, 4) is 11.5 Å². The fourth-order valence-electron chi connectivity index (χ4n) is 4.42. The number of rotatable bonds is 9. The van der Waals surface area contributed by atoms with Crippen LogP contribution in [-0.4, -0.2) is 61.3 Å². The molecule has 1 amide bonds. The molecule has 178 valence electrons. The van der Waals surface area contributed by atoms with Crippen LogP contribution in [0.2, 0.25) is 0 Å². The number of carboxylic acids is 1. The van der Waals surface area contributed by atoms with Gasteiger partial charge < -0.3 is 21.3 Å². The first-order valence-electron chi connectivity index (χ1n) is 11.7. The number of likely N-dealkylation sites (tertiary alicyclic amines) is 1. The van der Waals surface area contributed by atoms with E-state index in [0.717, 1.165) is 44.0 Å². The molecular formula is C25H37N2NaO5. The van der Waals surface area contributed by atoms with Gasteiger partial charge in [0.25, 0.3) is 0 Å². The van der Waals surface area contributed by atoms with E-state index in [0.29, 0.717) is 30.9 Å². The fourth-order valence-corrected chi connectivity index (χ4v) is 4.42. The maximum absolute atomic E-state index is 12.2. The molecule has 0 spiro atoms. The van der Waals surface area contributed by atoms with Crippen molar-refractivity contribution in [2.45, 2.75) is 51.5 Å². The summed E-state index contributed by atoms with van der Waals surface area (Å²) in [6.07, 6.45) is 9.20. The van der Waals surface area contributed by atoms with Gasteiger partial charge in [-0.1, -0.05) is 13.0 Å². The van der Waals surface area contributed by atoms with Crippen molar-refractivity contribution in [3.63, 3.8) is 0 Å². The molecule has 2 aliphatic rings. The molecular weight excluding hydrogens is 431 g/mol. The van der Waals surface area contributed by atoms with Crippen molar-refractivity contribution < 1.29 is 55.2 Å². The van der Waals surface area contributed by atoms with Gasteiger partial charge in [-0.15, -0.1) is 0 Å². The molecule has 8 heteroatoms. The third-order valence-corrected chi connectivity index (χ3v) is 6.58. The molecule has 1 aliphatic heterocycles. The molecule has 1 heterocycles. The molecule has 0 atom stereocenters. The van der Waals surface area contributed by atoms with Crippen LogP contribution in [0.5, 0.6) is 11.5 Å². The average molecular weight is 469 g/mol. The van der Waals surface area contributed by atoms with Gasteiger partial charge in [0.2, 0.25) is 5.91 Å². The number of methoxy groups -OCH3 is 1. The van der Waals surface area contributed by atoms with E-state index in [-0.39, 0.29) is 48.9 Å². The van der Waals surface area contributed by atoms with Crippen LogP contribution in [0.25, 0.3) is 6.08 Å². The minimum Gasteiger partial charge on any atom is -1.00 e. The van der Waals surface area contributed by atoms with Crippen molar-refractivity contribution in [1.29, 1.82) is 0 Å². The minimum absolute atomic E-state index is 0. The SMILES string of the molecule is COc1cc(/C=C/C(=O)NC2CCC(C)CC2)ccc1OCCN1CCC(C(=O)O)CC1.[H-].[Na+]. The van der Waals surface area contributed by atoms with Gasteiger partial charge in [-0.3, -0.25) is 14.5 Å². The quantitative estimate of drug-likeness (QED) is 0.410. The monoisotopic (exact) mass is 468 g/mol. The predicted octanol–water partition coefficient (Wildman–Crippen LogP) is 0.695. The molecule has 33 heavy (non-hydrogen) atoms. The van der Waals surface area contributed by atoms with Gasteiger partial charge in [0.1, 0.15) is 6.61 Å². The molecule has 2 N–H and O–H groups in total. The average Bonchev–Trinajstić information content (AvgIpc) is 2.80. The molecule has 1 saturated heterocycles. The minimum atomic E-state index is -0.694. The Morgan fingerprint density at radius 2 is 1.85 bits per heavy atom. The van der Waals surface area contributed by atoms with Crippen LogP contribution >= 0.6 is 0 Å². The molecule has 1 aromatic carbocycles. The van der Waals surface area contributed by atoms with Crippen LogP contribution in [0.1, 0.15) is 52.4 Å². The molecule has 0 aromatic heterocycles. The Hall–Kier alpha value is -1.54. The summed E-state index contributed by atoms with van der Waals surface area (Å²) in [4.78, 5) is 25.5. The third kappa shape index (κ3) is 8.96. The van der Waals surface area contributed by atoms with Gasteiger partial charge in [0.05, 0.1) is 13.0 Å². The summed E-state index contributed by atoms with van der Waals surface area (Å²) in [7, 11) is 1.60. The number of nitrogens with one attached hydrogen (secondary N) is 1. The predicted molar refractivity (Wildman–Crippen MR) is 125 cm³/mol. The Morgan fingerprint density at radius 1 is 1.15 bits per heavy atom. The van der Waals surface area contributed by atoms with Crippen molar-refractivity contribution in [2.75, 3.05) is 33.4 Å². The molecule has 1 aliphatic carbocycles. The van der Waals surface area contributed by atoms with Crippen LogP contribution in [-0.2, 0) is 9.59 Å². The van der Waals surface area contributed by atoms with E-state index in [2.05, 4.69) is 17.1 Å². The molecule has 0 bridgehead atoms. The number of ether oxygens (including phenoxy) is 2. The first-order valence-corrected chi connectivity index (χ1v) is 11.7. The van der Waals surface area contributed by atoms with E-state index < -0.39 is 5.97 Å². The van der Waals surface area contributed by atoms with E-state index in [4.69, 9.17) is 14.6 Å². The molecule has 1 aromatic rings. The zero-order chi connectivity index (χ0) is 22.9. The first kappa shape index (κ1) is 27.7. The van der Waals surface area contributed by atoms with Gasteiger partial charge >= 0.3 is 35.5 Å². The van der Waals surface area contributed by atoms with Crippen LogP contribution in [0, 0.1) is 11.8 Å². The Kier molecular flexibility index (Phi) is 11.7. The Morgan fingerprint density at radius 3 is 2.48 bits per heavy atom. The Balaban J connectivity index is 0.00000289. The smallest absolute Gasteiger partial charge is 1.00 e.